The summed E-state index contributed by atoms with van der Waals surface area (Å²) in [6, 6.07) is 6.91. The molecule has 0 N–H and O–H groups in total. The van der Waals surface area contributed by atoms with Gasteiger partial charge in [-0.1, -0.05) is 26.0 Å². The van der Waals surface area contributed by atoms with Gasteiger partial charge in [-0.15, -0.1) is 0 Å². The molecule has 0 spiro atoms. The summed E-state index contributed by atoms with van der Waals surface area (Å²) in [7, 11) is 0. The molecule has 1 aromatic heterocycles. The van der Waals surface area contributed by atoms with Gasteiger partial charge in [0.2, 0.25) is 5.69 Å². The van der Waals surface area contributed by atoms with Crippen LogP contribution in [0.1, 0.15) is 30.9 Å². The van der Waals surface area contributed by atoms with E-state index in [1.165, 1.54) is 0 Å². The molecule has 0 atom stereocenters. The second kappa shape index (κ2) is 7.66. The van der Waals surface area contributed by atoms with E-state index in [0.29, 0.717) is 10.4 Å². The second-order valence-electron chi connectivity index (χ2n) is 6.82. The minimum absolute atomic E-state index is 0.130. The predicted octanol–water partition coefficient (Wildman–Crippen LogP) is 3.98. The molecule has 1 heterocycles. The molecule has 0 unspecified atom stereocenters. The summed E-state index contributed by atoms with van der Waals surface area (Å²) < 4.78 is 40.5. The van der Waals surface area contributed by atoms with E-state index in [9.17, 15) is 38.2 Å². The van der Waals surface area contributed by atoms with Crippen molar-refractivity contribution in [3.8, 4) is 11.4 Å². The fourth-order valence-corrected chi connectivity index (χ4v) is 2.92. The molecule has 0 saturated carbocycles. The van der Waals surface area contributed by atoms with Crippen LogP contribution in [-0.2, 0) is 6.18 Å². The van der Waals surface area contributed by atoms with Gasteiger partial charge in [0.25, 0.3) is 0 Å². The van der Waals surface area contributed by atoms with Crippen LogP contribution in [-0.4, -0.2) is 24.2 Å². The molecule has 0 aliphatic heterocycles. The molecule has 162 valence electrons. The van der Waals surface area contributed by atoms with Crippen molar-refractivity contribution in [2.45, 2.75) is 25.9 Å². The molecular formula is C18H14F3N5O5. The third kappa shape index (κ3) is 4.01. The maximum absolute atomic E-state index is 13.1. The van der Waals surface area contributed by atoms with E-state index in [0.717, 1.165) is 16.5 Å². The highest BCUT2D eigenvalue weighted by Gasteiger charge is 2.39. The number of nitro groups is 2. The van der Waals surface area contributed by atoms with Crippen LogP contribution in [0.25, 0.3) is 11.4 Å². The first-order valence-electron chi connectivity index (χ1n) is 8.73. The summed E-state index contributed by atoms with van der Waals surface area (Å²) in [5.74, 6) is 0.214. The Balaban J connectivity index is 2.25. The Labute approximate surface area is 171 Å². The van der Waals surface area contributed by atoms with Crippen molar-refractivity contribution < 1.29 is 23.0 Å². The Kier molecular flexibility index (Phi) is 5.36. The fraction of sp³-hybridized carbons (Fsp3) is 0.222. The van der Waals surface area contributed by atoms with Gasteiger partial charge in [0.15, 0.2) is 0 Å². The van der Waals surface area contributed by atoms with Crippen molar-refractivity contribution in [1.29, 1.82) is 0 Å². The number of benzene rings is 2. The SMILES string of the molecule is CC(C)c1ccc(-n2cnn(-c3c([N+](=O)[O-])cc(C(F)(F)F)cc3[N+](=O)[O-])c2=O)cc1. The number of nitro benzene ring substituents is 2. The Morgan fingerprint density at radius 1 is 1.00 bits per heavy atom. The minimum Gasteiger partial charge on any atom is -0.258 e. The third-order valence-electron chi connectivity index (χ3n) is 4.51. The Morgan fingerprint density at radius 2 is 1.52 bits per heavy atom. The smallest absolute Gasteiger partial charge is 0.258 e. The molecule has 0 aliphatic carbocycles. The highest BCUT2D eigenvalue weighted by molar-refractivity contribution is 5.67. The summed E-state index contributed by atoms with van der Waals surface area (Å²) in [4.78, 5) is 33.2. The number of aromatic nitrogens is 3. The van der Waals surface area contributed by atoms with Gasteiger partial charge in [-0.05, 0) is 23.6 Å². The standard InChI is InChI=1S/C18H14F3N5O5/c1-10(2)11-3-5-13(6-4-11)23-9-22-24(17(23)27)16-14(25(28)29)7-12(18(19,20)21)8-15(16)26(30)31/h3-10H,1-2H3. The monoisotopic (exact) mass is 437 g/mol. The number of halogens is 3. The van der Waals surface area contributed by atoms with Crippen molar-refractivity contribution in [2.24, 2.45) is 0 Å². The highest BCUT2D eigenvalue weighted by atomic mass is 19.4. The molecule has 0 radical (unpaired) electrons. The molecule has 0 amide bonds. The zero-order valence-electron chi connectivity index (χ0n) is 16.0. The van der Waals surface area contributed by atoms with E-state index in [1.807, 2.05) is 13.8 Å². The van der Waals surface area contributed by atoms with Crippen molar-refractivity contribution >= 4 is 11.4 Å². The van der Waals surface area contributed by atoms with Crippen LogP contribution in [0.3, 0.4) is 0 Å². The zero-order valence-corrected chi connectivity index (χ0v) is 16.0. The van der Waals surface area contributed by atoms with Crippen LogP contribution < -0.4 is 5.69 Å². The molecular weight excluding hydrogens is 423 g/mol. The molecule has 3 rings (SSSR count). The Bertz CT molecular complexity index is 1190. The van der Waals surface area contributed by atoms with Crippen molar-refractivity contribution in [3.63, 3.8) is 0 Å². The summed E-state index contributed by atoms with van der Waals surface area (Å²) in [6.07, 6.45) is -4.10. The number of rotatable bonds is 5. The molecule has 2 aromatic carbocycles. The third-order valence-corrected chi connectivity index (χ3v) is 4.51. The lowest BCUT2D eigenvalue weighted by Crippen LogP contribution is -2.24. The maximum Gasteiger partial charge on any atom is 0.416 e. The van der Waals surface area contributed by atoms with Crippen LogP contribution in [0.15, 0.2) is 47.5 Å². The van der Waals surface area contributed by atoms with Crippen molar-refractivity contribution in [2.75, 3.05) is 0 Å². The number of hydrogen-bond donors (Lipinski definition) is 0. The molecule has 0 fully saturated rings. The maximum atomic E-state index is 13.1. The Hall–Kier alpha value is -4.03. The van der Waals surface area contributed by atoms with E-state index < -0.39 is 44.3 Å². The number of nitrogens with zero attached hydrogens (tertiary/aromatic N) is 5. The largest absolute Gasteiger partial charge is 0.416 e. The van der Waals surface area contributed by atoms with Gasteiger partial charge in [-0.2, -0.15) is 23.0 Å². The first-order chi connectivity index (χ1) is 14.4. The Morgan fingerprint density at radius 3 is 1.94 bits per heavy atom. The van der Waals surface area contributed by atoms with Crippen LogP contribution in [0, 0.1) is 20.2 Å². The van der Waals surface area contributed by atoms with Gasteiger partial charge in [0.1, 0.15) is 6.33 Å². The van der Waals surface area contributed by atoms with Gasteiger partial charge >= 0.3 is 23.2 Å². The fourth-order valence-electron chi connectivity index (χ4n) is 2.92. The topological polar surface area (TPSA) is 126 Å². The van der Waals surface area contributed by atoms with E-state index in [2.05, 4.69) is 5.10 Å². The van der Waals surface area contributed by atoms with Crippen LogP contribution in [0.2, 0.25) is 0 Å². The van der Waals surface area contributed by atoms with E-state index in [1.54, 1.807) is 24.3 Å². The number of alkyl halides is 3. The van der Waals surface area contributed by atoms with Crippen LogP contribution >= 0.6 is 0 Å². The molecule has 0 aliphatic rings. The van der Waals surface area contributed by atoms with Gasteiger partial charge < -0.3 is 0 Å². The molecule has 0 saturated heterocycles. The van der Waals surface area contributed by atoms with Crippen LogP contribution in [0.4, 0.5) is 24.5 Å². The molecule has 13 heteroatoms. The highest BCUT2D eigenvalue weighted by Crippen LogP contribution is 2.39. The number of hydrogen-bond acceptors (Lipinski definition) is 6. The lowest BCUT2D eigenvalue weighted by atomic mass is 10.0. The van der Waals surface area contributed by atoms with Gasteiger partial charge in [0, 0.05) is 12.1 Å². The van der Waals surface area contributed by atoms with Crippen LogP contribution in [0.5, 0.6) is 0 Å². The summed E-state index contributed by atoms with van der Waals surface area (Å²) >= 11 is 0. The summed E-state index contributed by atoms with van der Waals surface area (Å²) in [5, 5.41) is 26.5. The van der Waals surface area contributed by atoms with E-state index in [4.69, 9.17) is 0 Å². The van der Waals surface area contributed by atoms with Gasteiger partial charge in [0.05, 0.1) is 21.1 Å². The predicted molar refractivity (Wildman–Crippen MR) is 102 cm³/mol. The van der Waals surface area contributed by atoms with Crippen molar-refractivity contribution in [1.82, 2.24) is 14.3 Å². The molecule has 0 bridgehead atoms. The summed E-state index contributed by atoms with van der Waals surface area (Å²) in [6.45, 7) is 3.92. The van der Waals surface area contributed by atoms with E-state index >= 15 is 0 Å². The average molecular weight is 437 g/mol. The molecule has 10 nitrogen and oxygen atoms in total. The average Bonchev–Trinajstić information content (AvgIpc) is 3.07. The molecule has 31 heavy (non-hydrogen) atoms. The van der Waals surface area contributed by atoms with Gasteiger partial charge in [-0.25, -0.2) is 9.36 Å². The second-order valence-corrected chi connectivity index (χ2v) is 6.82. The normalized spacial score (nSPS) is 11.7. The van der Waals surface area contributed by atoms with Crippen molar-refractivity contribution in [3.05, 3.63) is 84.6 Å². The van der Waals surface area contributed by atoms with Gasteiger partial charge in [-0.3, -0.25) is 20.2 Å². The first-order valence-corrected chi connectivity index (χ1v) is 8.73. The molecule has 3 aromatic rings. The quantitative estimate of drug-likeness (QED) is 0.439. The zero-order chi connectivity index (χ0) is 23.1. The lowest BCUT2D eigenvalue weighted by Gasteiger charge is -2.09. The lowest BCUT2D eigenvalue weighted by molar-refractivity contribution is -0.394. The summed E-state index contributed by atoms with van der Waals surface area (Å²) in [5.41, 5.74) is -4.84. The minimum atomic E-state index is -5.07. The first kappa shape index (κ1) is 21.7. The van der Waals surface area contributed by atoms with E-state index in [-0.39, 0.29) is 18.1 Å².